The Kier molecular flexibility index (Phi) is 4.18. The van der Waals surface area contributed by atoms with Crippen molar-refractivity contribution in [1.82, 2.24) is 9.97 Å². The van der Waals surface area contributed by atoms with Crippen LogP contribution in [-0.2, 0) is 6.61 Å². The van der Waals surface area contributed by atoms with Crippen LogP contribution in [0.1, 0.15) is 16.7 Å². The maximum atomic E-state index is 11.9. The van der Waals surface area contributed by atoms with Gasteiger partial charge >= 0.3 is 5.69 Å². The largest absolute Gasteiger partial charge is 0.494 e. The first-order valence-corrected chi connectivity index (χ1v) is 8.22. The Bertz CT molecular complexity index is 1170. The van der Waals surface area contributed by atoms with Crippen LogP contribution in [0.2, 0.25) is 0 Å². The number of benzene rings is 2. The fourth-order valence-electron chi connectivity index (χ4n) is 2.79. The summed E-state index contributed by atoms with van der Waals surface area (Å²) in [6, 6.07) is 15.3. The minimum atomic E-state index is -0.767. The number of hydrogen-bond acceptors (Lipinski definition) is 5. The van der Waals surface area contributed by atoms with Gasteiger partial charge in [-0.3, -0.25) is 19.8 Å². The quantitative estimate of drug-likeness (QED) is 0.664. The standard InChI is InChI=1S/C20H15N3O4/c24-18-16(19(25)23-20(26)22-18)8-13-10-21-17-7-6-14(9-15(13)17)27-11-12-4-2-1-3-5-12/h1-10H,11H2,(H3,22,23,24,25,26). The first kappa shape index (κ1) is 16.6. The van der Waals surface area contributed by atoms with E-state index in [4.69, 9.17) is 4.74 Å². The van der Waals surface area contributed by atoms with Crippen molar-refractivity contribution in [2.45, 2.75) is 6.61 Å². The Labute approximate surface area is 153 Å². The van der Waals surface area contributed by atoms with Crippen LogP contribution in [0.4, 0.5) is 5.69 Å². The normalized spacial score (nSPS) is 13.7. The minimum absolute atomic E-state index is 0.0421. The molecule has 0 aliphatic carbocycles. The molecule has 1 aromatic heterocycles. The third-order valence-corrected chi connectivity index (χ3v) is 4.13. The molecule has 3 N–H and O–H groups in total. The van der Waals surface area contributed by atoms with Crippen LogP contribution in [-0.4, -0.2) is 21.3 Å². The van der Waals surface area contributed by atoms with Gasteiger partial charge in [-0.25, -0.2) is 4.79 Å². The smallest absolute Gasteiger partial charge is 0.328 e. The third-order valence-electron chi connectivity index (χ3n) is 4.13. The van der Waals surface area contributed by atoms with Crippen molar-refractivity contribution in [2.75, 3.05) is 0 Å². The molecule has 0 bridgehead atoms. The highest BCUT2D eigenvalue weighted by atomic mass is 16.5. The van der Waals surface area contributed by atoms with E-state index in [2.05, 4.69) is 15.0 Å². The highest BCUT2D eigenvalue weighted by Crippen LogP contribution is 2.35. The Balaban J connectivity index is 1.64. The SMILES string of the molecule is O=c1[nH]c(O)c(C=C2C=Nc3ccc(OCc4ccccc4)cc32)c(=O)[nH]1. The molecule has 2 aromatic carbocycles. The molecular weight excluding hydrogens is 346 g/mol. The van der Waals surface area contributed by atoms with Gasteiger partial charge in [-0.1, -0.05) is 30.3 Å². The molecule has 1 aliphatic heterocycles. The fraction of sp³-hybridized carbons (Fsp3) is 0.0500. The van der Waals surface area contributed by atoms with Gasteiger partial charge in [0, 0.05) is 17.4 Å². The number of aliphatic imine (C=N–C) groups is 1. The number of nitrogens with one attached hydrogen (secondary N) is 2. The lowest BCUT2D eigenvalue weighted by Crippen LogP contribution is -2.23. The zero-order valence-electron chi connectivity index (χ0n) is 14.1. The average Bonchev–Trinajstić information content (AvgIpc) is 3.06. The van der Waals surface area contributed by atoms with Crippen LogP contribution in [0, 0.1) is 0 Å². The van der Waals surface area contributed by atoms with Crippen molar-refractivity contribution in [2.24, 2.45) is 4.99 Å². The Hall–Kier alpha value is -3.87. The maximum absolute atomic E-state index is 11.9. The number of hydrogen-bond donors (Lipinski definition) is 3. The van der Waals surface area contributed by atoms with E-state index < -0.39 is 17.1 Å². The van der Waals surface area contributed by atoms with Gasteiger partial charge in [0.1, 0.15) is 17.9 Å². The number of aromatic nitrogens is 2. The maximum Gasteiger partial charge on any atom is 0.328 e. The molecule has 0 spiro atoms. The van der Waals surface area contributed by atoms with E-state index in [0.29, 0.717) is 17.9 Å². The van der Waals surface area contributed by atoms with Crippen molar-refractivity contribution in [3.8, 4) is 11.6 Å². The van der Waals surface area contributed by atoms with E-state index in [9.17, 15) is 14.7 Å². The van der Waals surface area contributed by atoms with Crippen LogP contribution < -0.4 is 16.0 Å². The summed E-state index contributed by atoms with van der Waals surface area (Å²) < 4.78 is 5.83. The van der Waals surface area contributed by atoms with Gasteiger partial charge < -0.3 is 9.84 Å². The molecule has 0 atom stereocenters. The van der Waals surface area contributed by atoms with Crippen molar-refractivity contribution in [1.29, 1.82) is 0 Å². The number of aromatic hydroxyl groups is 1. The second kappa shape index (κ2) is 6.80. The molecule has 0 saturated carbocycles. The van der Waals surface area contributed by atoms with Crippen molar-refractivity contribution in [3.05, 3.63) is 86.1 Å². The number of ether oxygens (including phenoxy) is 1. The second-order valence-electron chi connectivity index (χ2n) is 5.98. The second-order valence-corrected chi connectivity index (χ2v) is 5.98. The molecule has 7 nitrogen and oxygen atoms in total. The van der Waals surface area contributed by atoms with Gasteiger partial charge in [0.15, 0.2) is 0 Å². The summed E-state index contributed by atoms with van der Waals surface area (Å²) >= 11 is 0. The van der Waals surface area contributed by atoms with Crippen molar-refractivity contribution in [3.63, 3.8) is 0 Å². The van der Waals surface area contributed by atoms with E-state index in [-0.39, 0.29) is 5.56 Å². The molecule has 3 aromatic rings. The van der Waals surface area contributed by atoms with Crippen LogP contribution >= 0.6 is 0 Å². The molecule has 0 unspecified atom stereocenters. The number of H-pyrrole nitrogens is 2. The highest BCUT2D eigenvalue weighted by molar-refractivity contribution is 6.21. The van der Waals surface area contributed by atoms with Crippen LogP contribution in [0.25, 0.3) is 11.6 Å². The molecule has 1 aliphatic rings. The average molecular weight is 361 g/mol. The number of aromatic amines is 2. The van der Waals surface area contributed by atoms with Crippen LogP contribution in [0.15, 0.2) is 63.1 Å². The molecule has 7 heteroatoms. The predicted octanol–water partition coefficient (Wildman–Crippen LogP) is 2.60. The van der Waals surface area contributed by atoms with Crippen molar-refractivity contribution < 1.29 is 9.84 Å². The van der Waals surface area contributed by atoms with E-state index >= 15 is 0 Å². The molecular formula is C20H15N3O4. The lowest BCUT2D eigenvalue weighted by Gasteiger charge is -2.08. The van der Waals surface area contributed by atoms with Gasteiger partial charge in [-0.15, -0.1) is 0 Å². The fourth-order valence-corrected chi connectivity index (χ4v) is 2.79. The number of allylic oxidation sites excluding steroid dienone is 1. The monoisotopic (exact) mass is 361 g/mol. The van der Waals surface area contributed by atoms with Crippen LogP contribution in [0.3, 0.4) is 0 Å². The molecule has 0 fully saturated rings. The summed E-state index contributed by atoms with van der Waals surface area (Å²) in [6.07, 6.45) is 3.07. The lowest BCUT2D eigenvalue weighted by molar-refractivity contribution is 0.306. The molecule has 27 heavy (non-hydrogen) atoms. The molecule has 0 radical (unpaired) electrons. The molecule has 0 saturated heterocycles. The molecule has 2 heterocycles. The minimum Gasteiger partial charge on any atom is -0.494 e. The highest BCUT2D eigenvalue weighted by Gasteiger charge is 2.16. The Morgan fingerprint density at radius 1 is 1.07 bits per heavy atom. The summed E-state index contributed by atoms with van der Waals surface area (Å²) in [5.74, 6) is 0.170. The predicted molar refractivity (Wildman–Crippen MR) is 103 cm³/mol. The number of fused-ring (bicyclic) bond motifs is 1. The first-order valence-electron chi connectivity index (χ1n) is 8.22. The third kappa shape index (κ3) is 3.43. The zero-order chi connectivity index (χ0) is 18.8. The van der Waals surface area contributed by atoms with E-state index in [1.54, 1.807) is 6.21 Å². The van der Waals surface area contributed by atoms with E-state index in [1.807, 2.05) is 48.5 Å². The summed E-state index contributed by atoms with van der Waals surface area (Å²) in [6.45, 7) is 0.430. The molecule has 0 amide bonds. The van der Waals surface area contributed by atoms with Gasteiger partial charge in [-0.2, -0.15) is 0 Å². The summed E-state index contributed by atoms with van der Waals surface area (Å²) in [4.78, 5) is 31.7. The van der Waals surface area contributed by atoms with E-state index in [1.165, 1.54) is 6.08 Å². The number of rotatable bonds is 4. The zero-order valence-corrected chi connectivity index (χ0v) is 14.1. The summed E-state index contributed by atoms with van der Waals surface area (Å²) in [5.41, 5.74) is 1.69. The summed E-state index contributed by atoms with van der Waals surface area (Å²) in [5, 5.41) is 9.86. The molecule has 134 valence electrons. The Morgan fingerprint density at radius 3 is 2.67 bits per heavy atom. The first-order chi connectivity index (χ1) is 13.1. The van der Waals surface area contributed by atoms with Crippen LogP contribution in [0.5, 0.6) is 11.6 Å². The number of nitrogens with zero attached hydrogens (tertiary/aromatic N) is 1. The summed E-state index contributed by atoms with van der Waals surface area (Å²) in [7, 11) is 0. The van der Waals surface area contributed by atoms with E-state index in [0.717, 1.165) is 16.8 Å². The van der Waals surface area contributed by atoms with Gasteiger partial charge in [-0.05, 0) is 29.8 Å². The lowest BCUT2D eigenvalue weighted by atomic mass is 10.0. The van der Waals surface area contributed by atoms with Gasteiger partial charge in [0.2, 0.25) is 5.88 Å². The van der Waals surface area contributed by atoms with Gasteiger partial charge in [0.25, 0.3) is 5.56 Å². The molecule has 4 rings (SSSR count). The van der Waals surface area contributed by atoms with Gasteiger partial charge in [0.05, 0.1) is 5.69 Å². The topological polar surface area (TPSA) is 108 Å². The Morgan fingerprint density at radius 2 is 1.89 bits per heavy atom. The van der Waals surface area contributed by atoms with Crippen molar-refractivity contribution >= 4 is 23.6 Å².